The molecule has 0 aromatic heterocycles. The second-order valence-corrected chi connectivity index (χ2v) is 10.3. The Kier molecular flexibility index (Phi) is 11.0. The summed E-state index contributed by atoms with van der Waals surface area (Å²) in [5.41, 5.74) is 21.2. The maximum Gasteiger partial charge on any atom is 0.246 e. The van der Waals surface area contributed by atoms with Gasteiger partial charge >= 0.3 is 0 Å². The molecule has 0 spiro atoms. The third-order valence-electron chi connectivity index (χ3n) is 7.37. The Hall–Kier alpha value is -4.75. The molecule has 7 heteroatoms. The molecule has 2 amide bonds. The number of nitrogens with two attached hydrogens (primary N) is 3. The summed E-state index contributed by atoms with van der Waals surface area (Å²) in [5.74, 6) is -1.37. The summed E-state index contributed by atoms with van der Waals surface area (Å²) in [6.45, 7) is 0.571. The fraction of sp³-hybridized carbons (Fsp3) is 0.229. The lowest BCUT2D eigenvalue weighted by Gasteiger charge is -2.30. The number of rotatable bonds is 13. The normalized spacial score (nSPS) is 11.7. The molecule has 7 nitrogen and oxygen atoms in total. The molecule has 42 heavy (non-hydrogen) atoms. The van der Waals surface area contributed by atoms with Crippen LogP contribution < -0.4 is 17.2 Å². The molecule has 4 aromatic carbocycles. The topological polar surface area (TPSA) is 128 Å². The first-order valence-electron chi connectivity index (χ1n) is 14.3. The quantitative estimate of drug-likeness (QED) is 0.123. The van der Waals surface area contributed by atoms with Crippen molar-refractivity contribution >= 4 is 17.8 Å². The van der Waals surface area contributed by atoms with Gasteiger partial charge in [-0.1, -0.05) is 121 Å². The van der Waals surface area contributed by atoms with Crippen molar-refractivity contribution in [3.05, 3.63) is 144 Å². The van der Waals surface area contributed by atoms with E-state index in [4.69, 9.17) is 17.2 Å². The number of aliphatic imine (C=N–C) groups is 1. The average molecular weight is 562 g/mol. The van der Waals surface area contributed by atoms with Crippen molar-refractivity contribution < 1.29 is 9.59 Å². The number of carbonyl (C=O) groups excluding carboxylic acids is 2. The zero-order valence-electron chi connectivity index (χ0n) is 23.8. The van der Waals surface area contributed by atoms with Crippen molar-refractivity contribution in [2.24, 2.45) is 22.2 Å². The monoisotopic (exact) mass is 561 g/mol. The second-order valence-electron chi connectivity index (χ2n) is 10.3. The minimum Gasteiger partial charge on any atom is -0.370 e. The van der Waals surface area contributed by atoms with Crippen molar-refractivity contribution in [3.8, 4) is 0 Å². The molecule has 0 heterocycles. The van der Waals surface area contributed by atoms with E-state index in [2.05, 4.69) is 29.3 Å². The first-order chi connectivity index (χ1) is 20.5. The molecule has 0 saturated heterocycles. The summed E-state index contributed by atoms with van der Waals surface area (Å²) in [6.07, 6.45) is 1.41. The van der Waals surface area contributed by atoms with Crippen molar-refractivity contribution in [2.45, 2.75) is 37.1 Å². The van der Waals surface area contributed by atoms with Crippen molar-refractivity contribution in [2.75, 3.05) is 13.1 Å². The molecule has 4 aromatic rings. The van der Waals surface area contributed by atoms with Crippen LogP contribution in [0.3, 0.4) is 0 Å². The molecule has 0 saturated carbocycles. The Morgan fingerprint density at radius 1 is 0.619 bits per heavy atom. The average Bonchev–Trinajstić information content (AvgIpc) is 3.03. The van der Waals surface area contributed by atoms with Gasteiger partial charge in [0.2, 0.25) is 11.8 Å². The van der Waals surface area contributed by atoms with E-state index in [0.29, 0.717) is 25.8 Å². The van der Waals surface area contributed by atoms with Gasteiger partial charge in [-0.25, -0.2) is 0 Å². The van der Waals surface area contributed by atoms with Gasteiger partial charge in [-0.15, -0.1) is 0 Å². The van der Waals surface area contributed by atoms with E-state index in [1.165, 1.54) is 4.90 Å². The largest absolute Gasteiger partial charge is 0.370 e. The number of benzene rings is 4. The lowest BCUT2D eigenvalue weighted by Crippen LogP contribution is -2.49. The van der Waals surface area contributed by atoms with Crippen molar-refractivity contribution in [1.82, 2.24) is 4.90 Å². The minimum atomic E-state index is -0.873. The van der Waals surface area contributed by atoms with E-state index in [1.54, 1.807) is 0 Å². The van der Waals surface area contributed by atoms with Crippen LogP contribution >= 0.6 is 0 Å². The summed E-state index contributed by atoms with van der Waals surface area (Å²) in [4.78, 5) is 33.8. The van der Waals surface area contributed by atoms with Gasteiger partial charge in [0, 0.05) is 19.0 Å². The van der Waals surface area contributed by atoms with E-state index >= 15 is 0 Å². The van der Waals surface area contributed by atoms with Crippen LogP contribution in [0.1, 0.15) is 53.4 Å². The van der Waals surface area contributed by atoms with Gasteiger partial charge in [0.1, 0.15) is 0 Å². The number of guanidine groups is 1. The van der Waals surface area contributed by atoms with Crippen molar-refractivity contribution in [3.63, 3.8) is 0 Å². The molecule has 0 aliphatic rings. The van der Waals surface area contributed by atoms with Crippen LogP contribution in [0.25, 0.3) is 0 Å². The number of hydrogen-bond acceptors (Lipinski definition) is 4. The molecule has 0 radical (unpaired) electrons. The molecule has 0 aliphatic carbocycles. The fourth-order valence-electron chi connectivity index (χ4n) is 5.25. The maximum absolute atomic E-state index is 14.5. The molecule has 216 valence electrons. The summed E-state index contributed by atoms with van der Waals surface area (Å²) < 4.78 is 0. The Bertz CT molecular complexity index is 1350. The van der Waals surface area contributed by atoms with E-state index in [9.17, 15) is 9.59 Å². The van der Waals surface area contributed by atoms with Crippen LogP contribution in [0, 0.1) is 0 Å². The predicted octanol–water partition coefficient (Wildman–Crippen LogP) is 4.78. The third-order valence-corrected chi connectivity index (χ3v) is 7.37. The number of carbonyl (C=O) groups is 2. The summed E-state index contributed by atoms with van der Waals surface area (Å²) in [6, 6.07) is 38.6. The lowest BCUT2D eigenvalue weighted by atomic mass is 9.87. The van der Waals surface area contributed by atoms with Gasteiger partial charge in [0.25, 0.3) is 0 Å². The Balaban J connectivity index is 1.67. The highest BCUT2D eigenvalue weighted by Gasteiger charge is 2.34. The number of amides is 2. The van der Waals surface area contributed by atoms with Crippen LogP contribution in [0.5, 0.6) is 0 Å². The van der Waals surface area contributed by atoms with Gasteiger partial charge in [0.15, 0.2) is 5.96 Å². The highest BCUT2D eigenvalue weighted by molar-refractivity contribution is 6.01. The summed E-state index contributed by atoms with van der Waals surface area (Å²) in [5, 5.41) is 0. The van der Waals surface area contributed by atoms with E-state index in [0.717, 1.165) is 22.3 Å². The zero-order chi connectivity index (χ0) is 29.7. The number of imide groups is 1. The molecular weight excluding hydrogens is 522 g/mol. The van der Waals surface area contributed by atoms with Gasteiger partial charge in [-0.2, -0.15) is 0 Å². The molecule has 0 fully saturated rings. The zero-order valence-corrected chi connectivity index (χ0v) is 23.8. The number of nitrogens with zero attached hydrogens (tertiary/aromatic N) is 2. The molecule has 6 N–H and O–H groups in total. The lowest BCUT2D eigenvalue weighted by molar-refractivity contribution is -0.146. The van der Waals surface area contributed by atoms with Crippen molar-refractivity contribution in [1.29, 1.82) is 0 Å². The molecule has 4 rings (SSSR count). The highest BCUT2D eigenvalue weighted by Crippen LogP contribution is 2.31. The van der Waals surface area contributed by atoms with E-state index in [-0.39, 0.29) is 24.3 Å². The van der Waals surface area contributed by atoms with Crippen LogP contribution in [-0.4, -0.2) is 41.8 Å². The standard InChI is InChI=1S/C35H39N5O2/c36-31(22-13-24-39-35(37)38)33(41)40(25-23-30(26-14-5-1-6-15-26)27-16-7-2-8-17-27)34(42)32(28-18-9-3-10-19-28)29-20-11-4-12-21-29/h1-12,14-21,30-32H,13,22-25,36H2,(H4,37,38,39). The first-order valence-corrected chi connectivity index (χ1v) is 14.3. The SMILES string of the molecule is NC(N)=NCCCC(N)C(=O)N(CCC(c1ccccc1)c1ccccc1)C(=O)C(c1ccccc1)c1ccccc1. The van der Waals surface area contributed by atoms with Crippen LogP contribution in [0.2, 0.25) is 0 Å². The molecule has 0 aliphatic heterocycles. The van der Waals surface area contributed by atoms with E-state index in [1.807, 2.05) is 97.1 Å². The Labute approximate surface area is 248 Å². The second kappa shape index (κ2) is 15.3. The van der Waals surface area contributed by atoms with Gasteiger partial charge in [0.05, 0.1) is 12.0 Å². The molecular formula is C35H39N5O2. The van der Waals surface area contributed by atoms with Gasteiger partial charge in [-0.3, -0.25) is 19.5 Å². The predicted molar refractivity (Wildman–Crippen MR) is 169 cm³/mol. The third kappa shape index (κ3) is 8.15. The minimum absolute atomic E-state index is 0.00636. The van der Waals surface area contributed by atoms with Gasteiger partial charge < -0.3 is 17.2 Å². The number of hydrogen-bond donors (Lipinski definition) is 3. The molecule has 1 unspecified atom stereocenters. The summed E-state index contributed by atoms with van der Waals surface area (Å²) >= 11 is 0. The maximum atomic E-state index is 14.5. The first kappa shape index (κ1) is 30.2. The van der Waals surface area contributed by atoms with E-state index < -0.39 is 17.9 Å². The Morgan fingerprint density at radius 3 is 1.48 bits per heavy atom. The molecule has 0 bridgehead atoms. The van der Waals surface area contributed by atoms with Crippen LogP contribution in [-0.2, 0) is 9.59 Å². The van der Waals surface area contributed by atoms with Crippen LogP contribution in [0.4, 0.5) is 0 Å². The fourth-order valence-corrected chi connectivity index (χ4v) is 5.25. The van der Waals surface area contributed by atoms with Gasteiger partial charge in [-0.05, 0) is 41.5 Å². The summed E-state index contributed by atoms with van der Waals surface area (Å²) in [7, 11) is 0. The van der Waals surface area contributed by atoms with Crippen LogP contribution in [0.15, 0.2) is 126 Å². The Morgan fingerprint density at radius 2 is 1.05 bits per heavy atom. The molecule has 1 atom stereocenters. The smallest absolute Gasteiger partial charge is 0.246 e. The highest BCUT2D eigenvalue weighted by atomic mass is 16.2.